The molecule has 1 heterocycles. The van der Waals surface area contributed by atoms with E-state index in [4.69, 9.17) is 28.4 Å². The van der Waals surface area contributed by atoms with Crippen LogP contribution in [0.1, 0.15) is 23.6 Å². The van der Waals surface area contributed by atoms with Crippen molar-refractivity contribution in [2.45, 2.75) is 12.5 Å². The van der Waals surface area contributed by atoms with Crippen LogP contribution in [-0.2, 0) is 4.74 Å². The smallest absolute Gasteiger partial charge is 0.430 e. The second-order valence-corrected chi connectivity index (χ2v) is 6.61. The molecule has 1 amide bonds. The van der Waals surface area contributed by atoms with Gasteiger partial charge in [0.1, 0.15) is 0 Å². The molecule has 0 N–H and O–H groups in total. The SMILES string of the molecule is COC(=O)N1N=C(c2ccc(OC)c(OC)c2)CC1c1cc(OC)c(OC)c(OC)c1. The van der Waals surface area contributed by atoms with Crippen LogP contribution in [0.4, 0.5) is 4.79 Å². The number of carbonyl (C=O) groups excluding carboxylic acids is 1. The van der Waals surface area contributed by atoms with Gasteiger partial charge in [-0.3, -0.25) is 0 Å². The standard InChI is InChI=1S/C22H26N2O7/c1-26-17-8-7-13(9-18(17)27-2)15-12-16(24(23-15)22(25)31-6)14-10-19(28-3)21(30-5)20(11-14)29-4/h7-11,16H,12H2,1-6H3. The molecule has 1 aliphatic heterocycles. The van der Waals surface area contributed by atoms with Crippen LogP contribution in [0, 0.1) is 0 Å². The lowest BCUT2D eigenvalue weighted by molar-refractivity contribution is 0.113. The first-order valence-corrected chi connectivity index (χ1v) is 9.48. The monoisotopic (exact) mass is 430 g/mol. The van der Waals surface area contributed by atoms with E-state index in [9.17, 15) is 4.79 Å². The van der Waals surface area contributed by atoms with Crippen LogP contribution < -0.4 is 23.7 Å². The summed E-state index contributed by atoms with van der Waals surface area (Å²) in [6.45, 7) is 0. The third-order valence-corrected chi connectivity index (χ3v) is 5.06. The van der Waals surface area contributed by atoms with Gasteiger partial charge in [-0.25, -0.2) is 4.79 Å². The molecule has 9 heteroatoms. The summed E-state index contributed by atoms with van der Waals surface area (Å²) in [4.78, 5) is 12.5. The van der Waals surface area contributed by atoms with Crippen LogP contribution in [0.5, 0.6) is 28.7 Å². The van der Waals surface area contributed by atoms with Gasteiger partial charge < -0.3 is 28.4 Å². The highest BCUT2D eigenvalue weighted by atomic mass is 16.5. The summed E-state index contributed by atoms with van der Waals surface area (Å²) in [6, 6.07) is 8.66. The largest absolute Gasteiger partial charge is 0.493 e. The first-order valence-electron chi connectivity index (χ1n) is 9.48. The van der Waals surface area contributed by atoms with Crippen LogP contribution in [0.2, 0.25) is 0 Å². The average Bonchev–Trinajstić information content (AvgIpc) is 3.27. The molecule has 2 aromatic rings. The van der Waals surface area contributed by atoms with Crippen molar-refractivity contribution in [3.63, 3.8) is 0 Å². The number of hydrogen-bond acceptors (Lipinski definition) is 8. The summed E-state index contributed by atoms with van der Waals surface area (Å²) < 4.78 is 32.0. The van der Waals surface area contributed by atoms with Gasteiger partial charge in [-0.15, -0.1) is 0 Å². The van der Waals surface area contributed by atoms with E-state index in [0.717, 1.165) is 11.1 Å². The van der Waals surface area contributed by atoms with Gasteiger partial charge in [-0.05, 0) is 35.9 Å². The van der Waals surface area contributed by atoms with Crippen LogP contribution in [0.3, 0.4) is 0 Å². The van der Waals surface area contributed by atoms with Crippen molar-refractivity contribution in [3.8, 4) is 28.7 Å². The second kappa shape index (κ2) is 9.46. The summed E-state index contributed by atoms with van der Waals surface area (Å²) >= 11 is 0. The van der Waals surface area contributed by atoms with E-state index in [1.807, 2.05) is 12.1 Å². The van der Waals surface area contributed by atoms with Crippen LogP contribution in [0.25, 0.3) is 0 Å². The van der Waals surface area contributed by atoms with Crippen molar-refractivity contribution in [1.82, 2.24) is 5.01 Å². The van der Waals surface area contributed by atoms with Gasteiger partial charge in [-0.2, -0.15) is 10.1 Å². The summed E-state index contributed by atoms with van der Waals surface area (Å²) in [5, 5.41) is 5.85. The lowest BCUT2D eigenvalue weighted by Crippen LogP contribution is -2.26. The minimum Gasteiger partial charge on any atom is -0.493 e. The Morgan fingerprint density at radius 2 is 1.45 bits per heavy atom. The Morgan fingerprint density at radius 3 is 1.97 bits per heavy atom. The van der Waals surface area contributed by atoms with Crippen LogP contribution in [0.15, 0.2) is 35.4 Å². The zero-order chi connectivity index (χ0) is 22.5. The number of benzene rings is 2. The predicted octanol–water partition coefficient (Wildman–Crippen LogP) is 3.65. The first kappa shape index (κ1) is 22.1. The Balaban J connectivity index is 2.04. The van der Waals surface area contributed by atoms with Gasteiger partial charge in [0, 0.05) is 12.0 Å². The average molecular weight is 430 g/mol. The van der Waals surface area contributed by atoms with Gasteiger partial charge >= 0.3 is 6.09 Å². The molecule has 1 aliphatic rings. The Bertz CT molecular complexity index is 965. The van der Waals surface area contributed by atoms with Crippen molar-refractivity contribution in [2.75, 3.05) is 42.7 Å². The van der Waals surface area contributed by atoms with Gasteiger partial charge in [0.25, 0.3) is 0 Å². The number of rotatable bonds is 7. The summed E-state index contributed by atoms with van der Waals surface area (Å²) in [6.07, 6.45) is -0.127. The molecule has 9 nitrogen and oxygen atoms in total. The predicted molar refractivity (Wildman–Crippen MR) is 114 cm³/mol. The normalized spacial score (nSPS) is 15.2. The minimum atomic E-state index is -0.575. The molecule has 1 atom stereocenters. The summed E-state index contributed by atoms with van der Waals surface area (Å²) in [7, 11) is 9.08. The quantitative estimate of drug-likeness (QED) is 0.663. The van der Waals surface area contributed by atoms with Crippen LogP contribution in [-0.4, -0.2) is 59.5 Å². The highest BCUT2D eigenvalue weighted by molar-refractivity contribution is 6.03. The van der Waals surface area contributed by atoms with Gasteiger partial charge in [0.2, 0.25) is 5.75 Å². The van der Waals surface area contributed by atoms with Crippen molar-refractivity contribution in [1.29, 1.82) is 0 Å². The number of amides is 1. The number of methoxy groups -OCH3 is 6. The maximum atomic E-state index is 12.5. The lowest BCUT2D eigenvalue weighted by atomic mass is 9.97. The molecule has 166 valence electrons. The van der Waals surface area contributed by atoms with E-state index in [1.165, 1.54) is 19.2 Å². The van der Waals surface area contributed by atoms with E-state index in [1.54, 1.807) is 46.6 Å². The van der Waals surface area contributed by atoms with Crippen molar-refractivity contribution in [2.24, 2.45) is 5.10 Å². The Kier molecular flexibility index (Phi) is 6.74. The molecule has 0 saturated carbocycles. The molecular weight excluding hydrogens is 404 g/mol. The van der Waals surface area contributed by atoms with Crippen molar-refractivity contribution >= 4 is 11.8 Å². The number of hydrazone groups is 1. The van der Waals surface area contributed by atoms with Gasteiger partial charge in [0.15, 0.2) is 23.0 Å². The maximum Gasteiger partial charge on any atom is 0.430 e. The zero-order valence-corrected chi connectivity index (χ0v) is 18.4. The summed E-state index contributed by atoms with van der Waals surface area (Å²) in [5.74, 6) is 2.62. The molecule has 0 fully saturated rings. The molecule has 31 heavy (non-hydrogen) atoms. The Labute approximate surface area is 181 Å². The molecule has 3 rings (SSSR count). The van der Waals surface area contributed by atoms with Crippen LogP contribution >= 0.6 is 0 Å². The topological polar surface area (TPSA) is 88.1 Å². The molecule has 0 aliphatic carbocycles. The third-order valence-electron chi connectivity index (χ3n) is 5.06. The third kappa shape index (κ3) is 4.16. The fourth-order valence-electron chi connectivity index (χ4n) is 3.52. The molecule has 2 aromatic carbocycles. The Hall–Kier alpha value is -3.62. The molecule has 0 saturated heterocycles. The number of ether oxygens (including phenoxy) is 6. The molecule has 1 unspecified atom stereocenters. The highest BCUT2D eigenvalue weighted by Crippen LogP contribution is 2.43. The molecule has 0 spiro atoms. The molecule has 0 aromatic heterocycles. The fourth-order valence-corrected chi connectivity index (χ4v) is 3.52. The highest BCUT2D eigenvalue weighted by Gasteiger charge is 2.35. The van der Waals surface area contributed by atoms with Crippen molar-refractivity contribution in [3.05, 3.63) is 41.5 Å². The molecular formula is C22H26N2O7. The lowest BCUT2D eigenvalue weighted by Gasteiger charge is -2.22. The number of carbonyl (C=O) groups is 1. The number of hydrogen-bond donors (Lipinski definition) is 0. The minimum absolute atomic E-state index is 0.427. The zero-order valence-electron chi connectivity index (χ0n) is 18.4. The van der Waals surface area contributed by atoms with Crippen molar-refractivity contribution < 1.29 is 33.2 Å². The van der Waals surface area contributed by atoms with Gasteiger partial charge in [-0.1, -0.05) is 0 Å². The number of nitrogens with zero attached hydrogens (tertiary/aromatic N) is 2. The maximum absolute atomic E-state index is 12.5. The van der Waals surface area contributed by atoms with E-state index in [-0.39, 0.29) is 0 Å². The van der Waals surface area contributed by atoms with E-state index >= 15 is 0 Å². The Morgan fingerprint density at radius 1 is 0.839 bits per heavy atom. The van der Waals surface area contributed by atoms with E-state index in [0.29, 0.717) is 40.9 Å². The molecule has 0 bridgehead atoms. The van der Waals surface area contributed by atoms with E-state index in [2.05, 4.69) is 5.10 Å². The second-order valence-electron chi connectivity index (χ2n) is 6.61. The summed E-state index contributed by atoms with van der Waals surface area (Å²) in [5.41, 5.74) is 2.27. The van der Waals surface area contributed by atoms with Gasteiger partial charge in [0.05, 0.1) is 54.4 Å². The van der Waals surface area contributed by atoms with E-state index < -0.39 is 12.1 Å². The first-order chi connectivity index (χ1) is 15.0. The fraction of sp³-hybridized carbons (Fsp3) is 0.364. The molecule has 0 radical (unpaired) electrons.